The number of piperidine rings is 1. The third kappa shape index (κ3) is 4.40. The molecule has 0 aliphatic carbocycles. The molecule has 4 rings (SSSR count). The average molecular weight is 456 g/mol. The second-order valence-electron chi connectivity index (χ2n) is 8.59. The molecular formula is C24H26F2N4O3. The number of nitrogens with one attached hydrogen (secondary N) is 1. The molecule has 174 valence electrons. The summed E-state index contributed by atoms with van der Waals surface area (Å²) in [6.07, 6.45) is 1.14. The SMILES string of the molecule is Cc1cc(C(C)Nc2ccccc2C(=O)O)c2nc(N3CCC(F)(F)CC3)c(C)c(=O)n2c1. The first-order valence-electron chi connectivity index (χ1n) is 10.8. The van der Waals surface area contributed by atoms with Gasteiger partial charge in [0.2, 0.25) is 0 Å². The van der Waals surface area contributed by atoms with E-state index < -0.39 is 11.9 Å². The number of nitrogens with zero attached hydrogens (tertiary/aromatic N) is 3. The van der Waals surface area contributed by atoms with Gasteiger partial charge in [-0.2, -0.15) is 0 Å². The molecule has 9 heteroatoms. The van der Waals surface area contributed by atoms with Gasteiger partial charge in [0.25, 0.3) is 11.5 Å². The van der Waals surface area contributed by atoms with Crippen molar-refractivity contribution in [2.75, 3.05) is 23.3 Å². The Morgan fingerprint density at radius 3 is 2.55 bits per heavy atom. The highest BCUT2D eigenvalue weighted by molar-refractivity contribution is 5.94. The predicted octanol–water partition coefficient (Wildman–Crippen LogP) is 4.42. The smallest absolute Gasteiger partial charge is 0.337 e. The number of aromatic carboxylic acids is 1. The lowest BCUT2D eigenvalue weighted by atomic mass is 10.0. The van der Waals surface area contributed by atoms with Crippen LogP contribution in [0.5, 0.6) is 0 Å². The fourth-order valence-electron chi connectivity index (χ4n) is 4.26. The van der Waals surface area contributed by atoms with E-state index in [4.69, 9.17) is 4.98 Å². The van der Waals surface area contributed by atoms with E-state index in [1.54, 1.807) is 36.2 Å². The third-order valence-corrected chi connectivity index (χ3v) is 6.08. The number of aromatic nitrogens is 2. The predicted molar refractivity (Wildman–Crippen MR) is 123 cm³/mol. The van der Waals surface area contributed by atoms with Crippen LogP contribution in [-0.2, 0) is 0 Å². The minimum Gasteiger partial charge on any atom is -0.478 e. The van der Waals surface area contributed by atoms with Crippen LogP contribution in [0.15, 0.2) is 41.3 Å². The van der Waals surface area contributed by atoms with Crippen molar-refractivity contribution in [1.29, 1.82) is 0 Å². The number of aryl methyl sites for hydroxylation is 1. The lowest BCUT2D eigenvalue weighted by Gasteiger charge is -2.33. The van der Waals surface area contributed by atoms with Crippen LogP contribution in [0, 0.1) is 13.8 Å². The van der Waals surface area contributed by atoms with Gasteiger partial charge in [-0.15, -0.1) is 0 Å². The standard InChI is InChI=1S/C24H26F2N4O3/c1-14-12-18(16(3)27-19-7-5-4-6-17(19)23(32)33)21-28-20(15(2)22(31)30(21)13-14)29-10-8-24(25,26)9-11-29/h4-7,12-13,16,27H,8-11H2,1-3H3,(H,32,33). The second-order valence-corrected chi connectivity index (χ2v) is 8.59. The molecule has 0 bridgehead atoms. The minimum atomic E-state index is -2.70. The van der Waals surface area contributed by atoms with Crippen LogP contribution < -0.4 is 15.8 Å². The number of carbonyl (C=O) groups is 1. The zero-order valence-electron chi connectivity index (χ0n) is 18.7. The van der Waals surface area contributed by atoms with Crippen molar-refractivity contribution >= 4 is 23.1 Å². The molecule has 1 aromatic carbocycles. The molecule has 0 spiro atoms. The number of hydrogen-bond acceptors (Lipinski definition) is 5. The van der Waals surface area contributed by atoms with Gasteiger partial charge in [-0.3, -0.25) is 9.20 Å². The first-order valence-corrected chi connectivity index (χ1v) is 10.8. The normalized spacial score (nSPS) is 16.6. The number of carboxylic acid groups (broad SMARTS) is 1. The van der Waals surface area contributed by atoms with Crippen LogP contribution in [0.1, 0.15) is 52.9 Å². The Morgan fingerprint density at radius 2 is 1.88 bits per heavy atom. The van der Waals surface area contributed by atoms with Crippen LogP contribution >= 0.6 is 0 Å². The number of hydrogen-bond donors (Lipinski definition) is 2. The van der Waals surface area contributed by atoms with E-state index in [2.05, 4.69) is 5.32 Å². The molecule has 1 saturated heterocycles. The number of fused-ring (bicyclic) bond motifs is 1. The van der Waals surface area contributed by atoms with Crippen molar-refractivity contribution in [3.8, 4) is 0 Å². The zero-order valence-corrected chi connectivity index (χ0v) is 18.7. The Labute approximate surface area is 189 Å². The van der Waals surface area contributed by atoms with E-state index >= 15 is 0 Å². The lowest BCUT2D eigenvalue weighted by molar-refractivity contribution is -0.0221. The minimum absolute atomic E-state index is 0.122. The molecule has 1 aliphatic heterocycles. The first kappa shape index (κ1) is 22.7. The number of benzene rings is 1. The van der Waals surface area contributed by atoms with Crippen molar-refractivity contribution in [1.82, 2.24) is 9.38 Å². The van der Waals surface area contributed by atoms with Crippen molar-refractivity contribution in [3.63, 3.8) is 0 Å². The van der Waals surface area contributed by atoms with Gasteiger partial charge in [0.15, 0.2) is 0 Å². The number of rotatable bonds is 5. The van der Waals surface area contributed by atoms with Gasteiger partial charge in [0.05, 0.1) is 17.2 Å². The van der Waals surface area contributed by atoms with E-state index in [9.17, 15) is 23.5 Å². The molecule has 1 atom stereocenters. The maximum atomic E-state index is 13.7. The number of carboxylic acids is 1. The molecule has 2 N–H and O–H groups in total. The summed E-state index contributed by atoms with van der Waals surface area (Å²) in [5.41, 5.74) is 2.70. The molecule has 3 heterocycles. The molecule has 0 saturated carbocycles. The Bertz CT molecular complexity index is 1280. The molecule has 2 aromatic heterocycles. The quantitative estimate of drug-likeness (QED) is 0.591. The maximum absolute atomic E-state index is 13.7. The third-order valence-electron chi connectivity index (χ3n) is 6.08. The summed E-state index contributed by atoms with van der Waals surface area (Å²) in [6, 6.07) is 8.11. The Kier molecular flexibility index (Phi) is 5.82. The van der Waals surface area contributed by atoms with Gasteiger partial charge in [-0.1, -0.05) is 12.1 Å². The summed E-state index contributed by atoms with van der Waals surface area (Å²) in [7, 11) is 0. The fourth-order valence-corrected chi connectivity index (χ4v) is 4.26. The molecule has 1 fully saturated rings. The lowest BCUT2D eigenvalue weighted by Crippen LogP contribution is -2.41. The summed E-state index contributed by atoms with van der Waals surface area (Å²) in [5.74, 6) is -3.33. The maximum Gasteiger partial charge on any atom is 0.337 e. The average Bonchev–Trinajstić information content (AvgIpc) is 2.76. The Balaban J connectivity index is 1.80. The van der Waals surface area contributed by atoms with Gasteiger partial charge in [-0.25, -0.2) is 18.6 Å². The largest absolute Gasteiger partial charge is 0.478 e. The summed E-state index contributed by atoms with van der Waals surface area (Å²) >= 11 is 0. The zero-order chi connectivity index (χ0) is 23.9. The van der Waals surface area contributed by atoms with Crippen LogP contribution in [0.2, 0.25) is 0 Å². The fraction of sp³-hybridized carbons (Fsp3) is 0.375. The monoisotopic (exact) mass is 456 g/mol. The van der Waals surface area contributed by atoms with Crippen molar-refractivity contribution in [2.45, 2.75) is 45.6 Å². The summed E-state index contributed by atoms with van der Waals surface area (Å²) < 4.78 is 28.8. The molecule has 1 aliphatic rings. The van der Waals surface area contributed by atoms with Gasteiger partial charge in [0.1, 0.15) is 11.5 Å². The molecule has 3 aromatic rings. The summed E-state index contributed by atoms with van der Waals surface area (Å²) in [6.45, 7) is 5.63. The van der Waals surface area contributed by atoms with Crippen LogP contribution in [0.4, 0.5) is 20.3 Å². The molecule has 1 unspecified atom stereocenters. The van der Waals surface area contributed by atoms with Crippen LogP contribution in [-0.4, -0.2) is 39.5 Å². The Hall–Kier alpha value is -3.49. The first-order chi connectivity index (χ1) is 15.6. The topological polar surface area (TPSA) is 86.9 Å². The van der Waals surface area contributed by atoms with Crippen molar-refractivity contribution in [3.05, 3.63) is 69.1 Å². The molecule has 33 heavy (non-hydrogen) atoms. The Morgan fingerprint density at radius 1 is 1.21 bits per heavy atom. The van der Waals surface area contributed by atoms with E-state index in [1.807, 2.05) is 19.9 Å². The van der Waals surface area contributed by atoms with Crippen molar-refractivity contribution < 1.29 is 18.7 Å². The highest BCUT2D eigenvalue weighted by atomic mass is 19.3. The van der Waals surface area contributed by atoms with Gasteiger partial charge >= 0.3 is 5.97 Å². The van der Waals surface area contributed by atoms with Gasteiger partial charge < -0.3 is 15.3 Å². The van der Waals surface area contributed by atoms with Gasteiger partial charge in [0, 0.05) is 43.4 Å². The van der Waals surface area contributed by atoms with Crippen LogP contribution in [0.25, 0.3) is 5.65 Å². The van der Waals surface area contributed by atoms with E-state index in [-0.39, 0.29) is 43.1 Å². The second kappa shape index (κ2) is 8.46. The van der Waals surface area contributed by atoms with E-state index in [0.717, 1.165) is 5.56 Å². The highest BCUT2D eigenvalue weighted by Crippen LogP contribution is 2.32. The molecule has 0 amide bonds. The van der Waals surface area contributed by atoms with E-state index in [0.29, 0.717) is 28.3 Å². The number of halogens is 2. The number of pyridine rings is 1. The molecule has 7 nitrogen and oxygen atoms in total. The number of alkyl halides is 2. The number of para-hydroxylation sites is 1. The van der Waals surface area contributed by atoms with Crippen molar-refractivity contribution in [2.24, 2.45) is 0 Å². The highest BCUT2D eigenvalue weighted by Gasteiger charge is 2.35. The number of anilines is 2. The van der Waals surface area contributed by atoms with Crippen LogP contribution in [0.3, 0.4) is 0 Å². The molecular weight excluding hydrogens is 430 g/mol. The summed E-state index contributed by atoms with van der Waals surface area (Å²) in [5, 5.41) is 12.7. The molecule has 0 radical (unpaired) electrons. The van der Waals surface area contributed by atoms with E-state index in [1.165, 1.54) is 10.5 Å². The van der Waals surface area contributed by atoms with Gasteiger partial charge in [-0.05, 0) is 44.5 Å². The summed E-state index contributed by atoms with van der Waals surface area (Å²) in [4.78, 5) is 31.3.